The van der Waals surface area contributed by atoms with Crippen LogP contribution in [0.3, 0.4) is 0 Å². The van der Waals surface area contributed by atoms with Gasteiger partial charge in [-0.05, 0) is 24.6 Å². The van der Waals surface area contributed by atoms with Crippen LogP contribution in [-0.2, 0) is 10.5 Å². The summed E-state index contributed by atoms with van der Waals surface area (Å²) in [4.78, 5) is 10.7. The number of rotatable bonds is 6. The first-order valence-electron chi connectivity index (χ1n) is 4.92. The van der Waals surface area contributed by atoms with Gasteiger partial charge < -0.3 is 4.74 Å². The third-order valence-corrected chi connectivity index (χ3v) is 3.06. The summed E-state index contributed by atoms with van der Waals surface area (Å²) in [7, 11) is 1.66. The molecule has 0 aliphatic carbocycles. The molecule has 0 fully saturated rings. The molecule has 0 heterocycles. The monoisotopic (exact) mass is 224 g/mol. The van der Waals surface area contributed by atoms with Crippen LogP contribution in [0.4, 0.5) is 0 Å². The second-order valence-electron chi connectivity index (χ2n) is 3.35. The molecule has 0 radical (unpaired) electrons. The lowest BCUT2D eigenvalue weighted by Gasteiger charge is -2.02. The number of thioether (sulfide) groups is 1. The molecule has 0 amide bonds. The molecule has 0 unspecified atom stereocenters. The van der Waals surface area contributed by atoms with E-state index in [0.29, 0.717) is 6.42 Å². The van der Waals surface area contributed by atoms with Crippen LogP contribution in [0, 0.1) is 0 Å². The van der Waals surface area contributed by atoms with Crippen LogP contribution in [-0.4, -0.2) is 18.6 Å². The fourth-order valence-electron chi connectivity index (χ4n) is 1.13. The van der Waals surface area contributed by atoms with Crippen molar-refractivity contribution in [1.82, 2.24) is 0 Å². The van der Waals surface area contributed by atoms with Gasteiger partial charge in [0.2, 0.25) is 0 Å². The van der Waals surface area contributed by atoms with E-state index in [1.54, 1.807) is 25.8 Å². The molecule has 1 aromatic rings. The molecule has 0 saturated carbocycles. The number of carbonyl (C=O) groups is 1. The van der Waals surface area contributed by atoms with Crippen molar-refractivity contribution in [3.8, 4) is 5.75 Å². The van der Waals surface area contributed by atoms with Gasteiger partial charge in [0.1, 0.15) is 11.5 Å². The summed E-state index contributed by atoms with van der Waals surface area (Å²) in [6.45, 7) is 1.63. The van der Waals surface area contributed by atoms with Gasteiger partial charge in [-0.2, -0.15) is 11.8 Å². The zero-order valence-electron chi connectivity index (χ0n) is 9.16. The van der Waals surface area contributed by atoms with E-state index < -0.39 is 0 Å². The van der Waals surface area contributed by atoms with Crippen molar-refractivity contribution in [1.29, 1.82) is 0 Å². The van der Waals surface area contributed by atoms with Gasteiger partial charge in [0.25, 0.3) is 0 Å². The Morgan fingerprint density at radius 2 is 2.00 bits per heavy atom. The molecule has 0 N–H and O–H groups in total. The molecule has 0 atom stereocenters. The highest BCUT2D eigenvalue weighted by molar-refractivity contribution is 7.98. The van der Waals surface area contributed by atoms with E-state index in [4.69, 9.17) is 4.74 Å². The Bertz CT molecular complexity index is 306. The van der Waals surface area contributed by atoms with E-state index in [9.17, 15) is 4.79 Å². The van der Waals surface area contributed by atoms with Gasteiger partial charge in [-0.3, -0.25) is 4.79 Å². The molecular formula is C12H16O2S. The molecule has 3 heteroatoms. The lowest BCUT2D eigenvalue weighted by molar-refractivity contribution is -0.116. The molecular weight excluding hydrogens is 208 g/mol. The minimum Gasteiger partial charge on any atom is -0.497 e. The van der Waals surface area contributed by atoms with E-state index in [-0.39, 0.29) is 5.78 Å². The lowest BCUT2D eigenvalue weighted by atomic mass is 10.2. The quantitative estimate of drug-likeness (QED) is 0.695. The van der Waals surface area contributed by atoms with Crippen molar-refractivity contribution in [3.05, 3.63) is 29.8 Å². The summed E-state index contributed by atoms with van der Waals surface area (Å²) in [6, 6.07) is 8.03. The maximum atomic E-state index is 10.7. The SMILES string of the molecule is COc1ccc(CSCCC(C)=O)cc1. The summed E-state index contributed by atoms with van der Waals surface area (Å²) in [5, 5.41) is 0. The van der Waals surface area contributed by atoms with Crippen LogP contribution in [0.25, 0.3) is 0 Å². The highest BCUT2D eigenvalue weighted by Gasteiger charge is 1.97. The number of ketones is 1. The second-order valence-corrected chi connectivity index (χ2v) is 4.46. The van der Waals surface area contributed by atoms with Crippen molar-refractivity contribution in [3.63, 3.8) is 0 Å². The molecule has 82 valence electrons. The first kappa shape index (κ1) is 12.1. The zero-order valence-corrected chi connectivity index (χ0v) is 9.97. The minimum absolute atomic E-state index is 0.261. The van der Waals surface area contributed by atoms with Gasteiger partial charge in [0.05, 0.1) is 7.11 Å². The Morgan fingerprint density at radius 3 is 2.53 bits per heavy atom. The summed E-state index contributed by atoms with van der Waals surface area (Å²) >= 11 is 1.79. The fraction of sp³-hybridized carbons (Fsp3) is 0.417. The van der Waals surface area contributed by atoms with Crippen molar-refractivity contribution >= 4 is 17.5 Å². The third-order valence-electron chi connectivity index (χ3n) is 2.03. The second kappa shape index (κ2) is 6.51. The smallest absolute Gasteiger partial charge is 0.130 e. The minimum atomic E-state index is 0.261. The summed E-state index contributed by atoms with van der Waals surface area (Å²) in [5.74, 6) is 3.00. The third kappa shape index (κ3) is 4.88. The first-order chi connectivity index (χ1) is 7.22. The normalized spacial score (nSPS) is 10.0. The number of benzene rings is 1. The van der Waals surface area contributed by atoms with Gasteiger partial charge in [-0.1, -0.05) is 12.1 Å². The Hall–Kier alpha value is -0.960. The maximum absolute atomic E-state index is 10.7. The van der Waals surface area contributed by atoms with Crippen LogP contribution in [0.5, 0.6) is 5.75 Å². The molecule has 1 rings (SSSR count). The Labute approximate surface area is 95.0 Å². The number of methoxy groups -OCH3 is 1. The van der Waals surface area contributed by atoms with Crippen molar-refractivity contribution in [2.75, 3.05) is 12.9 Å². The highest BCUT2D eigenvalue weighted by atomic mass is 32.2. The number of carbonyl (C=O) groups excluding carboxylic acids is 1. The van der Waals surface area contributed by atoms with Crippen molar-refractivity contribution < 1.29 is 9.53 Å². The van der Waals surface area contributed by atoms with Gasteiger partial charge in [-0.15, -0.1) is 0 Å². The number of Topliss-reactive ketones (excluding diaryl/α,β-unsaturated/α-hetero) is 1. The van der Waals surface area contributed by atoms with Crippen LogP contribution in [0.15, 0.2) is 24.3 Å². The van der Waals surface area contributed by atoms with Crippen LogP contribution in [0.2, 0.25) is 0 Å². The molecule has 0 saturated heterocycles. The van der Waals surface area contributed by atoms with E-state index in [1.807, 2.05) is 12.1 Å². The highest BCUT2D eigenvalue weighted by Crippen LogP contribution is 2.16. The van der Waals surface area contributed by atoms with Crippen molar-refractivity contribution in [2.24, 2.45) is 0 Å². The lowest BCUT2D eigenvalue weighted by Crippen LogP contribution is -1.92. The molecule has 1 aromatic carbocycles. The average molecular weight is 224 g/mol. The largest absolute Gasteiger partial charge is 0.497 e. The summed E-state index contributed by atoms with van der Waals surface area (Å²) in [5.41, 5.74) is 1.27. The van der Waals surface area contributed by atoms with E-state index in [1.165, 1.54) is 5.56 Å². The number of ether oxygens (including phenoxy) is 1. The molecule has 0 aliphatic heterocycles. The van der Waals surface area contributed by atoms with Gasteiger partial charge in [0, 0.05) is 17.9 Å². The fourth-order valence-corrected chi connectivity index (χ4v) is 2.13. The molecule has 0 aliphatic rings. The molecule has 0 bridgehead atoms. The summed E-state index contributed by atoms with van der Waals surface area (Å²) in [6.07, 6.45) is 0.667. The Balaban J connectivity index is 2.28. The standard InChI is InChI=1S/C12H16O2S/c1-10(13)7-8-15-9-11-3-5-12(14-2)6-4-11/h3-6H,7-9H2,1-2H3. The van der Waals surface area contributed by atoms with Gasteiger partial charge in [-0.25, -0.2) is 0 Å². The summed E-state index contributed by atoms with van der Waals surface area (Å²) < 4.78 is 5.07. The van der Waals surface area contributed by atoms with Gasteiger partial charge in [0.15, 0.2) is 0 Å². The Kier molecular flexibility index (Phi) is 5.26. The number of hydrogen-bond donors (Lipinski definition) is 0. The molecule has 15 heavy (non-hydrogen) atoms. The van der Waals surface area contributed by atoms with E-state index >= 15 is 0 Å². The maximum Gasteiger partial charge on any atom is 0.130 e. The topological polar surface area (TPSA) is 26.3 Å². The number of hydrogen-bond acceptors (Lipinski definition) is 3. The van der Waals surface area contributed by atoms with Crippen LogP contribution >= 0.6 is 11.8 Å². The Morgan fingerprint density at radius 1 is 1.33 bits per heavy atom. The average Bonchev–Trinajstić information content (AvgIpc) is 2.25. The first-order valence-corrected chi connectivity index (χ1v) is 6.08. The molecule has 0 spiro atoms. The predicted molar refractivity (Wildman–Crippen MR) is 64.5 cm³/mol. The van der Waals surface area contributed by atoms with Crippen LogP contribution < -0.4 is 4.74 Å². The predicted octanol–water partition coefficient (Wildman–Crippen LogP) is 2.91. The van der Waals surface area contributed by atoms with E-state index in [2.05, 4.69) is 12.1 Å². The molecule has 0 aromatic heterocycles. The van der Waals surface area contributed by atoms with Gasteiger partial charge >= 0.3 is 0 Å². The van der Waals surface area contributed by atoms with Crippen molar-refractivity contribution in [2.45, 2.75) is 19.1 Å². The molecule has 2 nitrogen and oxygen atoms in total. The van der Waals surface area contributed by atoms with E-state index in [0.717, 1.165) is 17.3 Å². The van der Waals surface area contributed by atoms with Crippen LogP contribution in [0.1, 0.15) is 18.9 Å². The zero-order chi connectivity index (χ0) is 11.1.